The average Bonchev–Trinajstić information content (AvgIpc) is 2.52. The van der Waals surface area contributed by atoms with Gasteiger partial charge in [-0.25, -0.2) is 0 Å². The molecule has 2 aromatic rings. The highest BCUT2D eigenvalue weighted by Gasteiger charge is 2.04. The first kappa shape index (κ1) is 19.4. The van der Waals surface area contributed by atoms with E-state index in [1.165, 1.54) is 22.3 Å². The number of benzene rings is 2. The number of nitrogens with one attached hydrogen (secondary N) is 1. The molecule has 1 N–H and O–H groups in total. The van der Waals surface area contributed by atoms with E-state index >= 15 is 0 Å². The van der Waals surface area contributed by atoms with Crippen molar-refractivity contribution in [2.75, 3.05) is 18.9 Å². The van der Waals surface area contributed by atoms with Gasteiger partial charge in [-0.1, -0.05) is 47.0 Å². The molecule has 0 aliphatic carbocycles. The Balaban J connectivity index is 1.64. The van der Waals surface area contributed by atoms with E-state index in [0.717, 1.165) is 17.1 Å². The number of thioether (sulfide) groups is 1. The third-order valence-electron chi connectivity index (χ3n) is 3.80. The summed E-state index contributed by atoms with van der Waals surface area (Å²) in [4.78, 5) is 11.9. The molecule has 4 heteroatoms. The molecule has 0 aromatic heterocycles. The molecule has 1 amide bonds. The maximum atomic E-state index is 11.9. The van der Waals surface area contributed by atoms with Crippen molar-refractivity contribution in [3.63, 3.8) is 0 Å². The third-order valence-corrected chi connectivity index (χ3v) is 4.80. The second kappa shape index (κ2) is 9.52. The lowest BCUT2D eigenvalue weighted by atomic mass is 10.1. The van der Waals surface area contributed by atoms with Crippen LogP contribution in [0.1, 0.15) is 27.8 Å². The molecule has 0 fully saturated rings. The van der Waals surface area contributed by atoms with Gasteiger partial charge in [0, 0.05) is 5.75 Å². The highest BCUT2D eigenvalue weighted by atomic mass is 32.2. The van der Waals surface area contributed by atoms with E-state index in [1.54, 1.807) is 11.8 Å². The molecular weight excluding hydrogens is 330 g/mol. The van der Waals surface area contributed by atoms with Gasteiger partial charge in [-0.15, -0.1) is 11.8 Å². The van der Waals surface area contributed by atoms with Crippen LogP contribution in [0.2, 0.25) is 0 Å². The monoisotopic (exact) mass is 357 g/mol. The quantitative estimate of drug-likeness (QED) is 0.714. The highest BCUT2D eigenvalue weighted by Crippen LogP contribution is 2.18. The van der Waals surface area contributed by atoms with Gasteiger partial charge in [0.05, 0.1) is 12.3 Å². The molecule has 0 heterocycles. The Morgan fingerprint density at radius 3 is 2.40 bits per heavy atom. The van der Waals surface area contributed by atoms with Crippen LogP contribution in [0.4, 0.5) is 0 Å². The van der Waals surface area contributed by atoms with Crippen molar-refractivity contribution >= 4 is 17.7 Å². The summed E-state index contributed by atoms with van der Waals surface area (Å²) in [6.07, 6.45) is 0. The molecule has 134 valence electrons. The Labute approximate surface area is 155 Å². The van der Waals surface area contributed by atoms with Gasteiger partial charge in [-0.2, -0.15) is 0 Å². The van der Waals surface area contributed by atoms with Crippen LogP contribution < -0.4 is 10.1 Å². The summed E-state index contributed by atoms with van der Waals surface area (Å²) in [5.41, 5.74) is 6.15. The number of hydrogen-bond acceptors (Lipinski definition) is 3. The van der Waals surface area contributed by atoms with Gasteiger partial charge in [0.15, 0.2) is 0 Å². The van der Waals surface area contributed by atoms with Crippen LogP contribution in [0.3, 0.4) is 0 Å². The molecule has 0 aliphatic heterocycles. The Hall–Kier alpha value is -1.94. The molecule has 0 unspecified atom stereocenters. The minimum Gasteiger partial charge on any atom is -0.491 e. The van der Waals surface area contributed by atoms with E-state index in [9.17, 15) is 4.79 Å². The predicted molar refractivity (Wildman–Crippen MR) is 106 cm³/mol. The zero-order valence-electron chi connectivity index (χ0n) is 15.5. The number of rotatable bonds is 8. The van der Waals surface area contributed by atoms with Crippen molar-refractivity contribution < 1.29 is 9.53 Å². The summed E-state index contributed by atoms with van der Waals surface area (Å²) in [5, 5.41) is 2.91. The Morgan fingerprint density at radius 1 is 1.00 bits per heavy atom. The van der Waals surface area contributed by atoms with E-state index in [4.69, 9.17) is 4.74 Å². The largest absolute Gasteiger partial charge is 0.491 e. The van der Waals surface area contributed by atoms with Crippen molar-refractivity contribution in [3.05, 3.63) is 64.2 Å². The normalized spacial score (nSPS) is 10.6. The zero-order chi connectivity index (χ0) is 18.2. The molecule has 0 saturated carbocycles. The van der Waals surface area contributed by atoms with Gasteiger partial charge in [0.25, 0.3) is 0 Å². The Bertz CT molecular complexity index is 708. The smallest absolute Gasteiger partial charge is 0.230 e. The molecule has 2 rings (SSSR count). The van der Waals surface area contributed by atoms with Gasteiger partial charge < -0.3 is 10.1 Å². The first-order chi connectivity index (χ1) is 11.9. The maximum Gasteiger partial charge on any atom is 0.230 e. The molecular formula is C21H27NO2S. The summed E-state index contributed by atoms with van der Waals surface area (Å²) in [6, 6.07) is 12.6. The number of hydrogen-bond donors (Lipinski definition) is 1. The molecule has 3 nitrogen and oxygen atoms in total. The second-order valence-corrected chi connectivity index (χ2v) is 7.44. The summed E-state index contributed by atoms with van der Waals surface area (Å²) in [6.45, 7) is 9.30. The highest BCUT2D eigenvalue weighted by molar-refractivity contribution is 7.99. The molecule has 0 bridgehead atoms. The van der Waals surface area contributed by atoms with Crippen LogP contribution in [-0.4, -0.2) is 24.8 Å². The summed E-state index contributed by atoms with van der Waals surface area (Å²) in [7, 11) is 0. The lowest BCUT2D eigenvalue weighted by Crippen LogP contribution is -2.29. The zero-order valence-corrected chi connectivity index (χ0v) is 16.3. The van der Waals surface area contributed by atoms with Crippen molar-refractivity contribution in [2.45, 2.75) is 33.4 Å². The molecule has 0 radical (unpaired) electrons. The second-order valence-electron chi connectivity index (χ2n) is 6.46. The fourth-order valence-electron chi connectivity index (χ4n) is 2.78. The number of ether oxygens (including phenoxy) is 1. The topological polar surface area (TPSA) is 38.3 Å². The van der Waals surface area contributed by atoms with Crippen molar-refractivity contribution in [1.82, 2.24) is 5.32 Å². The lowest BCUT2D eigenvalue weighted by Gasteiger charge is -2.10. The molecule has 2 aromatic carbocycles. The Morgan fingerprint density at radius 2 is 1.72 bits per heavy atom. The molecule has 0 aliphatic rings. The van der Waals surface area contributed by atoms with Crippen molar-refractivity contribution in [2.24, 2.45) is 0 Å². The van der Waals surface area contributed by atoms with Gasteiger partial charge in [0.2, 0.25) is 5.91 Å². The van der Waals surface area contributed by atoms with Crippen LogP contribution >= 0.6 is 11.8 Å². The van der Waals surface area contributed by atoms with Crippen molar-refractivity contribution in [3.8, 4) is 5.75 Å². The predicted octanol–water partition coefficient (Wildman–Crippen LogP) is 4.35. The van der Waals surface area contributed by atoms with Crippen LogP contribution in [0.25, 0.3) is 0 Å². The fourth-order valence-corrected chi connectivity index (χ4v) is 3.57. The minimum absolute atomic E-state index is 0.0543. The summed E-state index contributed by atoms with van der Waals surface area (Å²) >= 11 is 1.64. The van der Waals surface area contributed by atoms with Crippen LogP contribution in [-0.2, 0) is 10.5 Å². The summed E-state index contributed by atoms with van der Waals surface area (Å²) < 4.78 is 5.72. The van der Waals surface area contributed by atoms with E-state index in [-0.39, 0.29) is 5.91 Å². The van der Waals surface area contributed by atoms with E-state index in [1.807, 2.05) is 19.1 Å². The maximum absolute atomic E-state index is 11.9. The number of amides is 1. The van der Waals surface area contributed by atoms with Crippen LogP contribution in [0, 0.1) is 27.7 Å². The van der Waals surface area contributed by atoms with Crippen molar-refractivity contribution in [1.29, 1.82) is 0 Å². The summed E-state index contributed by atoms with van der Waals surface area (Å²) in [5.74, 6) is 2.26. The standard InChI is InChI=1S/C21H27NO2S/c1-15-5-6-20(18(4)10-15)24-8-7-22-21(23)14-25-13-19-11-16(2)9-17(3)12-19/h5-6,9-12H,7-8,13-14H2,1-4H3,(H,22,23). The number of carbonyl (C=O) groups is 1. The molecule has 0 atom stereocenters. The van der Waals surface area contributed by atoms with Crippen LogP contribution in [0.5, 0.6) is 5.75 Å². The first-order valence-corrected chi connectivity index (χ1v) is 9.71. The number of aryl methyl sites for hydroxylation is 4. The van der Waals surface area contributed by atoms with Gasteiger partial charge >= 0.3 is 0 Å². The molecule has 0 saturated heterocycles. The SMILES string of the molecule is Cc1cc(C)cc(CSCC(=O)NCCOc2ccc(C)cc2C)c1. The minimum atomic E-state index is 0.0543. The molecule has 0 spiro atoms. The third kappa shape index (κ3) is 6.83. The van der Waals surface area contributed by atoms with Gasteiger partial charge in [0.1, 0.15) is 12.4 Å². The average molecular weight is 358 g/mol. The number of carbonyl (C=O) groups excluding carboxylic acids is 1. The molecule has 25 heavy (non-hydrogen) atoms. The lowest BCUT2D eigenvalue weighted by molar-refractivity contribution is -0.118. The van der Waals surface area contributed by atoms with Crippen LogP contribution in [0.15, 0.2) is 36.4 Å². The van der Waals surface area contributed by atoms with E-state index < -0.39 is 0 Å². The van der Waals surface area contributed by atoms with Gasteiger partial charge in [-0.05, 0) is 44.9 Å². The Kier molecular flexibility index (Phi) is 7.38. The van der Waals surface area contributed by atoms with Gasteiger partial charge in [-0.3, -0.25) is 4.79 Å². The fraction of sp³-hybridized carbons (Fsp3) is 0.381. The van der Waals surface area contributed by atoms with E-state index in [2.05, 4.69) is 50.4 Å². The van der Waals surface area contributed by atoms with E-state index in [0.29, 0.717) is 18.9 Å². The first-order valence-electron chi connectivity index (χ1n) is 8.56.